The van der Waals surface area contributed by atoms with Gasteiger partial charge < -0.3 is 5.32 Å². The molecule has 0 aromatic rings. The molecule has 2 rings (SSSR count). The summed E-state index contributed by atoms with van der Waals surface area (Å²) in [6.45, 7) is 5.78. The molecule has 2 aliphatic carbocycles. The number of hydrogen-bond donors (Lipinski definition) is 1. The fourth-order valence-electron chi connectivity index (χ4n) is 2.41. The summed E-state index contributed by atoms with van der Waals surface area (Å²) in [5, 5.41) is 3.68. The minimum absolute atomic E-state index is 0.806. The van der Waals surface area contributed by atoms with Gasteiger partial charge in [-0.05, 0) is 50.0 Å². The van der Waals surface area contributed by atoms with Crippen LogP contribution in [0.3, 0.4) is 0 Å². The quantitative estimate of drug-likeness (QED) is 0.681. The standard InChI is InChI=1S/C11H21N/c1-9(2)8-12-10-3-4-11(7-10)5-6-11/h9-10,12H,3-8H2,1-2H3/t10-/m0/s1. The fraction of sp³-hybridized carbons (Fsp3) is 1.00. The molecular weight excluding hydrogens is 146 g/mol. The van der Waals surface area contributed by atoms with Gasteiger partial charge in [-0.2, -0.15) is 0 Å². The molecule has 0 aromatic carbocycles. The largest absolute Gasteiger partial charge is 0.314 e. The summed E-state index contributed by atoms with van der Waals surface area (Å²) in [6.07, 6.45) is 7.45. The molecule has 0 bridgehead atoms. The Labute approximate surface area is 75.9 Å². The molecule has 1 N–H and O–H groups in total. The first-order valence-electron chi connectivity index (χ1n) is 5.44. The molecule has 2 saturated carbocycles. The molecule has 0 aromatic heterocycles. The highest BCUT2D eigenvalue weighted by Gasteiger charge is 2.47. The maximum Gasteiger partial charge on any atom is 0.00726 e. The van der Waals surface area contributed by atoms with Gasteiger partial charge in [-0.1, -0.05) is 13.8 Å². The number of nitrogens with one attached hydrogen (secondary N) is 1. The minimum atomic E-state index is 0.806. The van der Waals surface area contributed by atoms with Gasteiger partial charge in [-0.25, -0.2) is 0 Å². The van der Waals surface area contributed by atoms with Gasteiger partial charge >= 0.3 is 0 Å². The molecule has 1 heteroatoms. The zero-order valence-corrected chi connectivity index (χ0v) is 8.40. The van der Waals surface area contributed by atoms with E-state index in [4.69, 9.17) is 0 Å². The third-order valence-corrected chi connectivity index (χ3v) is 3.47. The predicted octanol–water partition coefficient (Wildman–Crippen LogP) is 2.56. The van der Waals surface area contributed by atoms with Crippen LogP contribution in [0.15, 0.2) is 0 Å². The van der Waals surface area contributed by atoms with E-state index in [9.17, 15) is 0 Å². The van der Waals surface area contributed by atoms with Crippen LogP contribution in [0.1, 0.15) is 46.0 Å². The van der Waals surface area contributed by atoms with Crippen molar-refractivity contribution in [2.75, 3.05) is 6.54 Å². The maximum atomic E-state index is 3.68. The van der Waals surface area contributed by atoms with Gasteiger partial charge in [-0.15, -0.1) is 0 Å². The van der Waals surface area contributed by atoms with Crippen LogP contribution in [0.2, 0.25) is 0 Å². The van der Waals surface area contributed by atoms with Crippen LogP contribution in [0.25, 0.3) is 0 Å². The molecule has 2 aliphatic rings. The summed E-state index contributed by atoms with van der Waals surface area (Å²) < 4.78 is 0. The molecule has 0 radical (unpaired) electrons. The summed E-state index contributed by atoms with van der Waals surface area (Å²) in [5.41, 5.74) is 0.842. The summed E-state index contributed by atoms with van der Waals surface area (Å²) in [4.78, 5) is 0. The zero-order valence-electron chi connectivity index (χ0n) is 8.40. The Morgan fingerprint density at radius 1 is 1.33 bits per heavy atom. The summed E-state index contributed by atoms with van der Waals surface area (Å²) >= 11 is 0. The highest BCUT2D eigenvalue weighted by molar-refractivity contribution is 5.01. The van der Waals surface area contributed by atoms with Gasteiger partial charge in [0, 0.05) is 6.04 Å². The van der Waals surface area contributed by atoms with E-state index in [1.54, 1.807) is 0 Å². The van der Waals surface area contributed by atoms with Crippen LogP contribution in [-0.4, -0.2) is 12.6 Å². The second kappa shape index (κ2) is 3.02. The molecule has 1 spiro atoms. The van der Waals surface area contributed by atoms with Gasteiger partial charge in [-0.3, -0.25) is 0 Å². The van der Waals surface area contributed by atoms with E-state index in [0.29, 0.717) is 0 Å². The smallest absolute Gasteiger partial charge is 0.00726 e. The first-order chi connectivity index (χ1) is 5.70. The van der Waals surface area contributed by atoms with Crippen molar-refractivity contribution in [2.45, 2.75) is 52.0 Å². The van der Waals surface area contributed by atoms with Crippen molar-refractivity contribution in [3.8, 4) is 0 Å². The molecule has 0 unspecified atom stereocenters. The molecule has 12 heavy (non-hydrogen) atoms. The molecule has 70 valence electrons. The third-order valence-electron chi connectivity index (χ3n) is 3.47. The summed E-state index contributed by atoms with van der Waals surface area (Å²) in [5.74, 6) is 0.806. The van der Waals surface area contributed by atoms with E-state index in [1.807, 2.05) is 0 Å². The molecule has 1 nitrogen and oxygen atoms in total. The van der Waals surface area contributed by atoms with Crippen LogP contribution in [0, 0.1) is 11.3 Å². The van der Waals surface area contributed by atoms with E-state index < -0.39 is 0 Å². The Kier molecular flexibility index (Phi) is 2.16. The van der Waals surface area contributed by atoms with Crippen molar-refractivity contribution in [1.29, 1.82) is 0 Å². The highest BCUT2D eigenvalue weighted by atomic mass is 14.9. The van der Waals surface area contributed by atoms with Crippen LogP contribution in [-0.2, 0) is 0 Å². The van der Waals surface area contributed by atoms with Crippen molar-refractivity contribution in [2.24, 2.45) is 11.3 Å². The maximum absolute atomic E-state index is 3.68. The Bertz CT molecular complexity index is 158. The average Bonchev–Trinajstić information content (AvgIpc) is 2.60. The van der Waals surface area contributed by atoms with Crippen LogP contribution in [0.5, 0.6) is 0 Å². The second-order valence-corrected chi connectivity index (χ2v) is 5.24. The van der Waals surface area contributed by atoms with Crippen molar-refractivity contribution in [3.05, 3.63) is 0 Å². The van der Waals surface area contributed by atoms with Gasteiger partial charge in [0.1, 0.15) is 0 Å². The minimum Gasteiger partial charge on any atom is -0.314 e. The zero-order chi connectivity index (χ0) is 8.60. The van der Waals surface area contributed by atoms with E-state index in [-0.39, 0.29) is 0 Å². The van der Waals surface area contributed by atoms with Gasteiger partial charge in [0.25, 0.3) is 0 Å². The SMILES string of the molecule is CC(C)CN[C@H]1CCC2(CC2)C1. The van der Waals surface area contributed by atoms with Gasteiger partial charge in [0.05, 0.1) is 0 Å². The summed E-state index contributed by atoms with van der Waals surface area (Å²) in [7, 11) is 0. The summed E-state index contributed by atoms with van der Waals surface area (Å²) in [6, 6.07) is 0.856. The van der Waals surface area contributed by atoms with Crippen molar-refractivity contribution < 1.29 is 0 Å². The van der Waals surface area contributed by atoms with Crippen molar-refractivity contribution in [1.82, 2.24) is 5.32 Å². The number of rotatable bonds is 3. The van der Waals surface area contributed by atoms with Crippen molar-refractivity contribution in [3.63, 3.8) is 0 Å². The van der Waals surface area contributed by atoms with E-state index in [2.05, 4.69) is 19.2 Å². The average molecular weight is 167 g/mol. The van der Waals surface area contributed by atoms with Gasteiger partial charge in [0.15, 0.2) is 0 Å². The molecular formula is C11H21N. The van der Waals surface area contributed by atoms with Gasteiger partial charge in [0.2, 0.25) is 0 Å². The molecule has 0 aliphatic heterocycles. The number of hydrogen-bond acceptors (Lipinski definition) is 1. The molecule has 0 amide bonds. The molecule has 2 fully saturated rings. The van der Waals surface area contributed by atoms with E-state index in [1.165, 1.54) is 38.6 Å². The van der Waals surface area contributed by atoms with E-state index >= 15 is 0 Å². The first-order valence-corrected chi connectivity index (χ1v) is 5.44. The molecule has 0 heterocycles. The molecule has 0 saturated heterocycles. The molecule has 1 atom stereocenters. The normalized spacial score (nSPS) is 31.8. The van der Waals surface area contributed by atoms with E-state index in [0.717, 1.165) is 17.4 Å². The van der Waals surface area contributed by atoms with Crippen molar-refractivity contribution >= 4 is 0 Å². The monoisotopic (exact) mass is 167 g/mol. The van der Waals surface area contributed by atoms with Crippen LogP contribution >= 0.6 is 0 Å². The lowest BCUT2D eigenvalue weighted by Crippen LogP contribution is -2.30. The topological polar surface area (TPSA) is 12.0 Å². The van der Waals surface area contributed by atoms with Crippen LogP contribution in [0.4, 0.5) is 0 Å². The Hall–Kier alpha value is -0.0400. The fourth-order valence-corrected chi connectivity index (χ4v) is 2.41. The Balaban J connectivity index is 1.70. The lowest BCUT2D eigenvalue weighted by atomic mass is 10.1. The third kappa shape index (κ3) is 1.82. The predicted molar refractivity (Wildman–Crippen MR) is 52.1 cm³/mol. The van der Waals surface area contributed by atoms with Crippen LogP contribution < -0.4 is 5.32 Å². The Morgan fingerprint density at radius 2 is 2.08 bits per heavy atom. The lowest BCUT2D eigenvalue weighted by Gasteiger charge is -2.14. The highest BCUT2D eigenvalue weighted by Crippen LogP contribution is 2.57. The second-order valence-electron chi connectivity index (χ2n) is 5.24. The first kappa shape index (κ1) is 8.55. The lowest BCUT2D eigenvalue weighted by molar-refractivity contribution is 0.444. The Morgan fingerprint density at radius 3 is 2.58 bits per heavy atom.